The number of pyridine rings is 1. The molecule has 0 N–H and O–H groups in total. The highest BCUT2D eigenvalue weighted by Gasteiger charge is 2.20. The second-order valence-electron chi connectivity index (χ2n) is 2.78. The van der Waals surface area contributed by atoms with Crippen LogP contribution in [-0.4, -0.2) is 21.6 Å². The Morgan fingerprint density at radius 2 is 2.40 bits per heavy atom. The van der Waals surface area contributed by atoms with Crippen LogP contribution in [0.5, 0.6) is 5.75 Å². The summed E-state index contributed by atoms with van der Waals surface area (Å²) in [7, 11) is 1.46. The molecule has 2 rings (SSSR count). The number of hydrogen-bond donors (Lipinski definition) is 0. The Hall–Kier alpha value is -1.63. The van der Waals surface area contributed by atoms with Gasteiger partial charge in [-0.2, -0.15) is 5.10 Å². The summed E-state index contributed by atoms with van der Waals surface area (Å²) in [4.78, 5) is 10.2. The smallest absolute Gasteiger partial charge is 0.318 e. The average molecular weight is 272 g/mol. The zero-order valence-electron chi connectivity index (χ0n) is 7.68. The first kappa shape index (κ1) is 9.91. The summed E-state index contributed by atoms with van der Waals surface area (Å²) in [6.07, 6.45) is 2.82. The van der Waals surface area contributed by atoms with E-state index in [4.69, 9.17) is 4.74 Å². The molecule has 2 aromatic rings. The van der Waals surface area contributed by atoms with Gasteiger partial charge in [0.05, 0.1) is 16.5 Å². The molecular weight excluding hydrogens is 266 g/mol. The third-order valence-electron chi connectivity index (χ3n) is 1.97. The Labute approximate surface area is 92.7 Å². The lowest BCUT2D eigenvalue weighted by Crippen LogP contribution is -1.94. The van der Waals surface area contributed by atoms with Crippen molar-refractivity contribution in [3.63, 3.8) is 0 Å². The first-order valence-corrected chi connectivity index (χ1v) is 4.78. The van der Waals surface area contributed by atoms with Crippen LogP contribution in [-0.2, 0) is 0 Å². The van der Waals surface area contributed by atoms with E-state index < -0.39 is 4.92 Å². The van der Waals surface area contributed by atoms with Crippen LogP contribution in [0.1, 0.15) is 0 Å². The maximum atomic E-state index is 10.7. The third kappa shape index (κ3) is 1.44. The standard InChI is InChI=1S/C8H6BrN3O3/c1-15-8-5(9)2-3-11-7(8)6(4-10-11)12(13)14/h2-4H,1H3. The maximum Gasteiger partial charge on any atom is 0.318 e. The SMILES string of the molecule is COc1c(Br)ccn2ncc([N+](=O)[O-])c12. The molecule has 2 heterocycles. The zero-order chi connectivity index (χ0) is 11.0. The van der Waals surface area contributed by atoms with E-state index in [1.165, 1.54) is 17.8 Å². The molecule has 0 aliphatic carbocycles. The van der Waals surface area contributed by atoms with Crippen molar-refractivity contribution >= 4 is 27.1 Å². The minimum absolute atomic E-state index is 0.0758. The largest absolute Gasteiger partial charge is 0.493 e. The fourth-order valence-corrected chi connectivity index (χ4v) is 1.81. The maximum absolute atomic E-state index is 10.7. The summed E-state index contributed by atoms with van der Waals surface area (Å²) in [6.45, 7) is 0. The van der Waals surface area contributed by atoms with Gasteiger partial charge in [0.2, 0.25) is 0 Å². The van der Waals surface area contributed by atoms with Crippen molar-refractivity contribution in [2.24, 2.45) is 0 Å². The number of halogens is 1. The Kier molecular flexibility index (Phi) is 2.31. The van der Waals surface area contributed by atoms with Crippen LogP contribution in [0, 0.1) is 10.1 Å². The van der Waals surface area contributed by atoms with Gasteiger partial charge >= 0.3 is 5.69 Å². The Bertz CT molecular complexity index is 537. The van der Waals surface area contributed by atoms with Gasteiger partial charge in [0.1, 0.15) is 6.20 Å². The van der Waals surface area contributed by atoms with Gasteiger partial charge in [-0.1, -0.05) is 0 Å². The van der Waals surface area contributed by atoms with E-state index in [1.54, 1.807) is 12.3 Å². The second kappa shape index (κ2) is 3.50. The number of aromatic nitrogens is 2. The first-order valence-electron chi connectivity index (χ1n) is 3.99. The van der Waals surface area contributed by atoms with E-state index in [0.717, 1.165) is 0 Å². The van der Waals surface area contributed by atoms with Gasteiger partial charge < -0.3 is 4.74 Å². The van der Waals surface area contributed by atoms with Gasteiger partial charge in [-0.25, -0.2) is 4.52 Å². The average Bonchev–Trinajstić information content (AvgIpc) is 2.61. The van der Waals surface area contributed by atoms with Crippen LogP contribution in [0.4, 0.5) is 5.69 Å². The van der Waals surface area contributed by atoms with Crippen molar-refractivity contribution in [3.8, 4) is 5.75 Å². The summed E-state index contributed by atoms with van der Waals surface area (Å²) in [5.41, 5.74) is 0.269. The van der Waals surface area contributed by atoms with Crippen LogP contribution < -0.4 is 4.74 Å². The third-order valence-corrected chi connectivity index (χ3v) is 2.60. The Balaban J connectivity index is 2.86. The molecule has 0 aliphatic heterocycles. The molecule has 0 unspecified atom stereocenters. The molecule has 0 saturated heterocycles. The monoisotopic (exact) mass is 271 g/mol. The molecule has 0 radical (unpaired) electrons. The van der Waals surface area contributed by atoms with Crippen LogP contribution in [0.15, 0.2) is 22.9 Å². The van der Waals surface area contributed by atoms with Gasteiger partial charge in [0.25, 0.3) is 0 Å². The van der Waals surface area contributed by atoms with E-state index >= 15 is 0 Å². The normalized spacial score (nSPS) is 10.5. The highest BCUT2D eigenvalue weighted by molar-refractivity contribution is 9.10. The van der Waals surface area contributed by atoms with Crippen LogP contribution in [0.25, 0.3) is 5.52 Å². The molecule has 0 atom stereocenters. The number of nitro groups is 1. The van der Waals surface area contributed by atoms with Gasteiger partial charge in [-0.15, -0.1) is 0 Å². The molecule has 0 aromatic carbocycles. The molecule has 0 spiro atoms. The topological polar surface area (TPSA) is 69.7 Å². The van der Waals surface area contributed by atoms with Gasteiger partial charge in [0, 0.05) is 6.20 Å². The number of rotatable bonds is 2. The van der Waals surface area contributed by atoms with Gasteiger partial charge in [-0.05, 0) is 22.0 Å². The molecular formula is C8H6BrN3O3. The summed E-state index contributed by atoms with van der Waals surface area (Å²) < 4.78 is 7.15. The van der Waals surface area contributed by atoms with E-state index in [9.17, 15) is 10.1 Å². The van der Waals surface area contributed by atoms with Crippen molar-refractivity contribution in [1.82, 2.24) is 9.61 Å². The molecule has 78 valence electrons. The van der Waals surface area contributed by atoms with Crippen molar-refractivity contribution in [1.29, 1.82) is 0 Å². The number of methoxy groups -OCH3 is 1. The first-order chi connectivity index (χ1) is 7.15. The fraction of sp³-hybridized carbons (Fsp3) is 0.125. The predicted octanol–water partition coefficient (Wildman–Crippen LogP) is 2.01. The molecule has 6 nitrogen and oxygen atoms in total. The van der Waals surface area contributed by atoms with Crippen LogP contribution >= 0.6 is 15.9 Å². The molecule has 7 heteroatoms. The highest BCUT2D eigenvalue weighted by Crippen LogP contribution is 2.34. The molecule has 0 aliphatic rings. The van der Waals surface area contributed by atoms with E-state index in [-0.39, 0.29) is 5.69 Å². The Morgan fingerprint density at radius 3 is 3.00 bits per heavy atom. The lowest BCUT2D eigenvalue weighted by molar-refractivity contribution is -0.383. The number of nitrogens with zero attached hydrogens (tertiary/aromatic N) is 3. The van der Waals surface area contributed by atoms with Crippen molar-refractivity contribution < 1.29 is 9.66 Å². The minimum Gasteiger partial charge on any atom is -0.493 e. The highest BCUT2D eigenvalue weighted by atomic mass is 79.9. The predicted molar refractivity (Wildman–Crippen MR) is 56.1 cm³/mol. The minimum atomic E-state index is -0.489. The second-order valence-corrected chi connectivity index (χ2v) is 3.63. The van der Waals surface area contributed by atoms with Crippen LogP contribution in [0.3, 0.4) is 0 Å². The molecule has 0 saturated carbocycles. The summed E-state index contributed by atoms with van der Waals surface area (Å²) >= 11 is 3.26. The van der Waals surface area contributed by atoms with Crippen molar-refractivity contribution in [2.75, 3.05) is 7.11 Å². The van der Waals surface area contributed by atoms with Gasteiger partial charge in [0.15, 0.2) is 11.3 Å². The van der Waals surface area contributed by atoms with Crippen LogP contribution in [0.2, 0.25) is 0 Å². The summed E-state index contributed by atoms with van der Waals surface area (Å²) in [6, 6.07) is 1.71. The molecule has 15 heavy (non-hydrogen) atoms. The summed E-state index contributed by atoms with van der Waals surface area (Å²) in [5.74, 6) is 0.404. The van der Waals surface area contributed by atoms with Crippen molar-refractivity contribution in [3.05, 3.63) is 33.0 Å². The summed E-state index contributed by atoms with van der Waals surface area (Å²) in [5, 5.41) is 14.6. The number of fused-ring (bicyclic) bond motifs is 1. The van der Waals surface area contributed by atoms with E-state index in [1.807, 2.05) is 0 Å². The number of hydrogen-bond acceptors (Lipinski definition) is 4. The van der Waals surface area contributed by atoms with E-state index in [0.29, 0.717) is 15.7 Å². The van der Waals surface area contributed by atoms with E-state index in [2.05, 4.69) is 21.0 Å². The van der Waals surface area contributed by atoms with Crippen molar-refractivity contribution in [2.45, 2.75) is 0 Å². The Morgan fingerprint density at radius 1 is 1.67 bits per heavy atom. The number of ether oxygens (including phenoxy) is 1. The molecule has 0 bridgehead atoms. The zero-order valence-corrected chi connectivity index (χ0v) is 9.26. The van der Waals surface area contributed by atoms with Gasteiger partial charge in [-0.3, -0.25) is 10.1 Å². The fourth-order valence-electron chi connectivity index (χ4n) is 1.34. The lowest BCUT2D eigenvalue weighted by Gasteiger charge is -2.04. The molecule has 0 amide bonds. The lowest BCUT2D eigenvalue weighted by atomic mass is 10.3. The quantitative estimate of drug-likeness (QED) is 0.619. The molecule has 2 aromatic heterocycles. The molecule has 0 fully saturated rings.